The van der Waals surface area contributed by atoms with Crippen LogP contribution in [0, 0.1) is 0 Å². The molecule has 0 spiro atoms. The molecule has 4 nitrogen and oxygen atoms in total. The first kappa shape index (κ1) is 12.9. The highest BCUT2D eigenvalue weighted by atomic mass is 16.6. The number of hydrogen-bond acceptors (Lipinski definition) is 3. The summed E-state index contributed by atoms with van der Waals surface area (Å²) in [5.41, 5.74) is 0. The van der Waals surface area contributed by atoms with Crippen molar-refractivity contribution in [2.75, 3.05) is 13.1 Å². The van der Waals surface area contributed by atoms with Crippen LogP contribution in [-0.2, 0) is 0 Å². The van der Waals surface area contributed by atoms with Crippen LogP contribution >= 0.6 is 0 Å². The number of carbonyl (C=O) groups is 1. The van der Waals surface area contributed by atoms with E-state index < -0.39 is 0 Å². The number of rotatable bonds is 4. The smallest absolute Gasteiger partial charge is 0.410 e. The minimum absolute atomic E-state index is 0.0868. The fourth-order valence-corrected chi connectivity index (χ4v) is 2.27. The zero-order valence-electron chi connectivity index (χ0n) is 10.8. The number of nitrogens with zero attached hydrogens (tertiary/aromatic N) is 1. The summed E-state index contributed by atoms with van der Waals surface area (Å²) >= 11 is 0. The molecule has 1 fully saturated rings. The lowest BCUT2D eigenvalue weighted by Gasteiger charge is -2.26. The zero-order chi connectivity index (χ0) is 12.8. The highest BCUT2D eigenvalue weighted by Gasteiger charge is 2.22. The molecule has 1 unspecified atom stereocenters. The van der Waals surface area contributed by atoms with Crippen molar-refractivity contribution in [1.82, 2.24) is 10.2 Å². The third-order valence-electron chi connectivity index (χ3n) is 3.21. The third kappa shape index (κ3) is 3.47. The maximum absolute atomic E-state index is 11.8. The summed E-state index contributed by atoms with van der Waals surface area (Å²) in [6, 6.07) is 9.14. The molecule has 1 aromatic rings. The number of amides is 1. The molecule has 98 valence electrons. The van der Waals surface area contributed by atoms with E-state index in [0.29, 0.717) is 5.75 Å². The molecule has 1 aliphatic heterocycles. The van der Waals surface area contributed by atoms with Crippen LogP contribution in [0.4, 0.5) is 4.79 Å². The van der Waals surface area contributed by atoms with Gasteiger partial charge in [0, 0.05) is 13.1 Å². The highest BCUT2D eigenvalue weighted by Crippen LogP contribution is 2.13. The molecular weight excluding hydrogens is 228 g/mol. The van der Waals surface area contributed by atoms with Gasteiger partial charge in [0.15, 0.2) is 0 Å². The summed E-state index contributed by atoms with van der Waals surface area (Å²) in [7, 11) is 0. The number of nitrogens with one attached hydrogen (secondary N) is 1. The van der Waals surface area contributed by atoms with Gasteiger partial charge < -0.3 is 10.1 Å². The predicted molar refractivity (Wildman–Crippen MR) is 70.5 cm³/mol. The molecular formula is C14H20N2O2. The van der Waals surface area contributed by atoms with E-state index in [-0.39, 0.29) is 12.3 Å². The number of carbonyl (C=O) groups excluding carboxylic acids is 1. The van der Waals surface area contributed by atoms with Crippen molar-refractivity contribution in [2.24, 2.45) is 0 Å². The van der Waals surface area contributed by atoms with E-state index in [0.717, 1.165) is 19.5 Å². The number of benzene rings is 1. The summed E-state index contributed by atoms with van der Waals surface area (Å²) < 4.78 is 5.23. The van der Waals surface area contributed by atoms with Gasteiger partial charge >= 0.3 is 6.09 Å². The Hall–Kier alpha value is -1.55. The molecule has 0 aliphatic carbocycles. The van der Waals surface area contributed by atoms with Crippen molar-refractivity contribution in [2.45, 2.75) is 32.4 Å². The standard InChI is InChI=1S/C14H20N2O2/c1-2-13(16-10-6-7-11-16)15-14(17)18-12-8-4-3-5-9-12/h3-5,8-9,13H,2,6-7,10-11H2,1H3,(H,15,17). The molecule has 1 heterocycles. The van der Waals surface area contributed by atoms with Gasteiger partial charge in [-0.1, -0.05) is 25.1 Å². The lowest BCUT2D eigenvalue weighted by atomic mass is 10.3. The second-order valence-electron chi connectivity index (χ2n) is 4.51. The normalized spacial score (nSPS) is 17.4. The van der Waals surface area contributed by atoms with Crippen molar-refractivity contribution in [3.63, 3.8) is 0 Å². The van der Waals surface area contributed by atoms with Gasteiger partial charge in [-0.15, -0.1) is 0 Å². The van der Waals surface area contributed by atoms with Crippen LogP contribution in [0.2, 0.25) is 0 Å². The molecule has 18 heavy (non-hydrogen) atoms. The SMILES string of the molecule is CCC(NC(=O)Oc1ccccc1)N1CCCC1. The molecule has 4 heteroatoms. The molecule has 1 amide bonds. The van der Waals surface area contributed by atoms with Gasteiger partial charge in [0.1, 0.15) is 5.75 Å². The van der Waals surface area contributed by atoms with Crippen LogP contribution in [0.5, 0.6) is 5.75 Å². The van der Waals surface area contributed by atoms with E-state index >= 15 is 0 Å². The summed E-state index contributed by atoms with van der Waals surface area (Å²) in [6.45, 7) is 4.19. The molecule has 0 radical (unpaired) electrons. The van der Waals surface area contributed by atoms with Gasteiger partial charge in [-0.3, -0.25) is 4.90 Å². The Labute approximate surface area is 108 Å². The van der Waals surface area contributed by atoms with Crippen LogP contribution < -0.4 is 10.1 Å². The molecule has 0 aromatic heterocycles. The van der Waals surface area contributed by atoms with Crippen LogP contribution in [0.3, 0.4) is 0 Å². The Morgan fingerprint density at radius 1 is 1.33 bits per heavy atom. The Kier molecular flexibility index (Phi) is 4.59. The third-order valence-corrected chi connectivity index (χ3v) is 3.21. The summed E-state index contributed by atoms with van der Waals surface area (Å²) in [4.78, 5) is 14.1. The number of hydrogen-bond donors (Lipinski definition) is 1. The monoisotopic (exact) mass is 248 g/mol. The molecule has 0 bridgehead atoms. The lowest BCUT2D eigenvalue weighted by molar-refractivity contribution is 0.160. The number of likely N-dealkylation sites (tertiary alicyclic amines) is 1. The van der Waals surface area contributed by atoms with Crippen LogP contribution in [0.15, 0.2) is 30.3 Å². The van der Waals surface area contributed by atoms with E-state index in [4.69, 9.17) is 4.74 Å². The first-order chi connectivity index (χ1) is 8.79. The molecule has 1 saturated heterocycles. The van der Waals surface area contributed by atoms with Crippen molar-refractivity contribution >= 4 is 6.09 Å². The van der Waals surface area contributed by atoms with E-state index in [1.54, 1.807) is 12.1 Å². The van der Waals surface area contributed by atoms with Gasteiger partial charge in [0.2, 0.25) is 0 Å². The van der Waals surface area contributed by atoms with Crippen LogP contribution in [0.25, 0.3) is 0 Å². The molecule has 2 rings (SSSR count). The topological polar surface area (TPSA) is 41.6 Å². The average molecular weight is 248 g/mol. The predicted octanol–water partition coefficient (Wildman–Crippen LogP) is 2.61. The van der Waals surface area contributed by atoms with Gasteiger partial charge in [-0.25, -0.2) is 4.79 Å². The second kappa shape index (κ2) is 6.40. The van der Waals surface area contributed by atoms with Gasteiger partial charge in [0.05, 0.1) is 6.17 Å². The quantitative estimate of drug-likeness (QED) is 0.890. The van der Waals surface area contributed by atoms with E-state index in [1.165, 1.54) is 12.8 Å². The van der Waals surface area contributed by atoms with Gasteiger partial charge in [-0.05, 0) is 31.4 Å². The maximum Gasteiger partial charge on any atom is 0.413 e. The van der Waals surface area contributed by atoms with E-state index in [2.05, 4.69) is 17.1 Å². The molecule has 1 aliphatic rings. The van der Waals surface area contributed by atoms with Crippen molar-refractivity contribution in [1.29, 1.82) is 0 Å². The fraction of sp³-hybridized carbons (Fsp3) is 0.500. The summed E-state index contributed by atoms with van der Waals surface area (Å²) in [5, 5.41) is 2.92. The second-order valence-corrected chi connectivity index (χ2v) is 4.51. The Bertz CT molecular complexity index is 375. The molecule has 1 N–H and O–H groups in total. The molecule has 1 atom stereocenters. The minimum atomic E-state index is -0.375. The highest BCUT2D eigenvalue weighted by molar-refractivity contribution is 5.70. The Morgan fingerprint density at radius 2 is 2.00 bits per heavy atom. The van der Waals surface area contributed by atoms with E-state index in [1.807, 2.05) is 18.2 Å². The minimum Gasteiger partial charge on any atom is -0.410 e. The van der Waals surface area contributed by atoms with Crippen molar-refractivity contribution < 1.29 is 9.53 Å². The first-order valence-corrected chi connectivity index (χ1v) is 6.57. The molecule has 0 saturated carbocycles. The fourth-order valence-electron chi connectivity index (χ4n) is 2.27. The van der Waals surface area contributed by atoms with Crippen LogP contribution in [0.1, 0.15) is 26.2 Å². The Balaban J connectivity index is 1.85. The number of para-hydroxylation sites is 1. The van der Waals surface area contributed by atoms with Gasteiger partial charge in [0.25, 0.3) is 0 Å². The maximum atomic E-state index is 11.8. The number of ether oxygens (including phenoxy) is 1. The van der Waals surface area contributed by atoms with E-state index in [9.17, 15) is 4.79 Å². The van der Waals surface area contributed by atoms with Crippen molar-refractivity contribution in [3.8, 4) is 5.75 Å². The van der Waals surface area contributed by atoms with Crippen molar-refractivity contribution in [3.05, 3.63) is 30.3 Å². The summed E-state index contributed by atoms with van der Waals surface area (Å²) in [5.74, 6) is 0.575. The van der Waals surface area contributed by atoms with Gasteiger partial charge in [-0.2, -0.15) is 0 Å². The average Bonchev–Trinajstić information content (AvgIpc) is 2.91. The van der Waals surface area contributed by atoms with Crippen LogP contribution in [-0.4, -0.2) is 30.2 Å². The Morgan fingerprint density at radius 3 is 2.61 bits per heavy atom. The zero-order valence-corrected chi connectivity index (χ0v) is 10.8. The summed E-state index contributed by atoms with van der Waals surface area (Å²) in [6.07, 6.45) is 3.03. The largest absolute Gasteiger partial charge is 0.413 e. The lowest BCUT2D eigenvalue weighted by Crippen LogP contribution is -2.47. The first-order valence-electron chi connectivity index (χ1n) is 6.57. The molecule has 1 aromatic carbocycles.